The number of nitrogens with zero attached hydrogens (tertiary/aromatic N) is 2. The second-order valence-electron chi connectivity index (χ2n) is 18.8. The molecule has 0 unspecified atom stereocenters. The summed E-state index contributed by atoms with van der Waals surface area (Å²) in [5.74, 6) is 0.697. The molecule has 8 rings (SSSR count). The molecule has 0 aromatic heterocycles. The van der Waals surface area contributed by atoms with Gasteiger partial charge in [0.1, 0.15) is 29.9 Å². The van der Waals surface area contributed by atoms with Crippen LogP contribution in [0.5, 0.6) is 17.2 Å². The maximum absolute atomic E-state index is 15.0. The van der Waals surface area contributed by atoms with Crippen LogP contribution in [0.3, 0.4) is 0 Å². The van der Waals surface area contributed by atoms with Gasteiger partial charge in [-0.25, -0.2) is 0 Å². The fourth-order valence-electron chi connectivity index (χ4n) is 11.4. The van der Waals surface area contributed by atoms with Crippen LogP contribution in [0, 0.1) is 23.7 Å². The van der Waals surface area contributed by atoms with Crippen molar-refractivity contribution < 1.29 is 43.9 Å². The first-order chi connectivity index (χ1) is 33.0. The molecule has 0 saturated heterocycles. The molecule has 3 N–H and O–H groups in total. The lowest BCUT2D eigenvalue weighted by molar-refractivity contribution is -0.258. The number of amides is 1. The lowest BCUT2D eigenvalue weighted by Crippen LogP contribution is -2.70. The molecule has 67 heavy (non-hydrogen) atoms. The molecule has 0 radical (unpaired) electrons. The number of rotatable bonds is 25. The Morgan fingerprint density at radius 1 is 0.836 bits per heavy atom. The zero-order chi connectivity index (χ0) is 46.4. The summed E-state index contributed by atoms with van der Waals surface area (Å²) < 4.78 is 27.3. The van der Waals surface area contributed by atoms with Gasteiger partial charge in [0.15, 0.2) is 0 Å². The smallest absolute Gasteiger partial charge is 0.239 e. The number of allylic oxidation sites excluding steroid dienone is 1. The van der Waals surface area contributed by atoms with Crippen molar-refractivity contribution in [2.45, 2.75) is 108 Å². The topological polar surface area (TPSA) is 140 Å². The Kier molecular flexibility index (Phi) is 17.2. The lowest BCUT2D eigenvalue weighted by atomic mass is 9.55. The molecular weight excluding hydrogens is 845 g/mol. The van der Waals surface area contributed by atoms with Crippen molar-refractivity contribution in [3.63, 3.8) is 0 Å². The first-order valence-corrected chi connectivity index (χ1v) is 24.8. The average Bonchev–Trinajstić information content (AvgIpc) is 3.88. The highest BCUT2D eigenvalue weighted by atomic mass is 16.7. The van der Waals surface area contributed by atoms with Crippen LogP contribution in [0.15, 0.2) is 120 Å². The van der Waals surface area contributed by atoms with Gasteiger partial charge >= 0.3 is 0 Å². The molecule has 2 saturated carbocycles. The van der Waals surface area contributed by atoms with Gasteiger partial charge in [-0.05, 0) is 102 Å². The second-order valence-corrected chi connectivity index (χ2v) is 18.8. The molecule has 0 bridgehead atoms. The van der Waals surface area contributed by atoms with E-state index in [0.717, 1.165) is 83.9 Å². The number of hydrogen-bond acceptors (Lipinski definition) is 10. The van der Waals surface area contributed by atoms with E-state index in [1.807, 2.05) is 65.6 Å². The third-order valence-electron chi connectivity index (χ3n) is 14.5. The highest BCUT2D eigenvalue weighted by Gasteiger charge is 2.65. The number of carbonyl (C=O) groups excluding carboxylic acids is 1. The Morgan fingerprint density at radius 2 is 1.58 bits per heavy atom. The highest BCUT2D eigenvalue weighted by Crippen LogP contribution is 2.62. The van der Waals surface area contributed by atoms with Crippen LogP contribution in [0.1, 0.15) is 101 Å². The quantitative estimate of drug-likeness (QED) is 0.0337. The monoisotopic (exact) mass is 915 g/mol. The predicted octanol–water partition coefficient (Wildman–Crippen LogP) is 10.3. The Labute approximate surface area is 396 Å². The Bertz CT molecular complexity index is 2290. The molecule has 1 aliphatic heterocycles. The summed E-state index contributed by atoms with van der Waals surface area (Å²) in [4.78, 5) is 23.3. The summed E-state index contributed by atoms with van der Waals surface area (Å²) in [6, 6.07) is 29.7. The van der Waals surface area contributed by atoms with Crippen LogP contribution < -0.4 is 9.47 Å². The maximum atomic E-state index is 15.0. The predicted molar refractivity (Wildman–Crippen MR) is 261 cm³/mol. The van der Waals surface area contributed by atoms with Crippen LogP contribution in [0.4, 0.5) is 0 Å². The molecule has 0 spiro atoms. The van der Waals surface area contributed by atoms with Gasteiger partial charge in [0.25, 0.3) is 0 Å². The fourth-order valence-corrected chi connectivity index (χ4v) is 11.4. The normalized spacial score (nSPS) is 23.8. The van der Waals surface area contributed by atoms with Gasteiger partial charge in [0.05, 0.1) is 38.1 Å². The van der Waals surface area contributed by atoms with E-state index >= 15 is 4.79 Å². The largest absolute Gasteiger partial charge is 0.459 e. The molecule has 6 atom stereocenters. The molecule has 1 heterocycles. The number of oxime groups is 1. The van der Waals surface area contributed by atoms with E-state index in [0.29, 0.717) is 43.1 Å². The summed E-state index contributed by atoms with van der Waals surface area (Å²) in [6.45, 7) is 5.27. The third kappa shape index (κ3) is 11.5. The van der Waals surface area contributed by atoms with Gasteiger partial charge in [-0.15, -0.1) is 6.58 Å². The molecule has 4 aromatic carbocycles. The Balaban J connectivity index is 1.29. The van der Waals surface area contributed by atoms with Crippen molar-refractivity contribution in [1.29, 1.82) is 0 Å². The zero-order valence-corrected chi connectivity index (χ0v) is 39.0. The van der Waals surface area contributed by atoms with Crippen molar-refractivity contribution in [2.24, 2.45) is 28.8 Å². The average molecular weight is 915 g/mol. The molecule has 4 aliphatic rings. The fraction of sp³-hybridized carbons (Fsp3) is 0.500. The van der Waals surface area contributed by atoms with Gasteiger partial charge < -0.3 is 44.0 Å². The molecule has 358 valence electrons. The molecule has 3 aliphatic carbocycles. The molecule has 2 fully saturated rings. The number of aliphatic hydroxyl groups is 3. The van der Waals surface area contributed by atoms with Crippen LogP contribution in [0.2, 0.25) is 0 Å². The van der Waals surface area contributed by atoms with Gasteiger partial charge in [-0.1, -0.05) is 116 Å². The van der Waals surface area contributed by atoms with E-state index in [1.54, 1.807) is 6.08 Å². The number of unbranched alkanes of at least 4 members (excludes halogenated alkanes) is 2. The van der Waals surface area contributed by atoms with E-state index in [2.05, 4.69) is 43.0 Å². The van der Waals surface area contributed by atoms with Crippen molar-refractivity contribution in [1.82, 2.24) is 4.90 Å². The van der Waals surface area contributed by atoms with E-state index < -0.39 is 17.7 Å². The number of ether oxygens (including phenoxy) is 4. The minimum Gasteiger partial charge on any atom is -0.459 e. The number of benzene rings is 4. The summed E-state index contributed by atoms with van der Waals surface area (Å²) in [7, 11) is 0. The third-order valence-corrected chi connectivity index (χ3v) is 14.5. The summed E-state index contributed by atoms with van der Waals surface area (Å²) in [5.41, 5.74) is 3.70. The minimum atomic E-state index is -1.39. The zero-order valence-electron chi connectivity index (χ0n) is 39.0. The molecule has 11 nitrogen and oxygen atoms in total. The summed E-state index contributed by atoms with van der Waals surface area (Å²) in [5, 5.41) is 37.0. The molecule has 4 aromatic rings. The molecule has 1 amide bonds. The molecule has 11 heteroatoms. The van der Waals surface area contributed by atoms with E-state index in [4.69, 9.17) is 28.9 Å². The van der Waals surface area contributed by atoms with Crippen molar-refractivity contribution >= 4 is 22.4 Å². The number of hydrogen-bond donors (Lipinski definition) is 3. The van der Waals surface area contributed by atoms with Crippen molar-refractivity contribution in [2.75, 3.05) is 46.2 Å². The highest BCUT2D eigenvalue weighted by molar-refractivity contribution is 6.03. The van der Waals surface area contributed by atoms with Gasteiger partial charge in [0, 0.05) is 44.1 Å². The van der Waals surface area contributed by atoms with E-state index in [1.165, 1.54) is 12.8 Å². The number of carbonyl (C=O) groups is 1. The standard InChI is InChI=1S/C56H70N2O9/c1-2-32-64-56-52(58(28-33-63-34-31-61)53(62)27-22-40-14-6-7-15-40)38-50(57-65-39-41-16-4-3-5-17-41)48-36-44(20-10-12-29-59)47(21-11-13-30-60)54(55(48)56)49-37-46(25-26-51(49)67-56)66-45-24-23-42-18-8-9-19-43(42)35-45/h2-5,8-9,16-19,23-26,35-37,40,44,47,52,54-55,59-61H,1,6-7,10-15,20-22,27-34,38-39H2/t44-,47+,52-,54+,55+,56+/m0/s1. The minimum absolute atomic E-state index is 0.00493. The van der Waals surface area contributed by atoms with Crippen molar-refractivity contribution in [3.8, 4) is 17.2 Å². The van der Waals surface area contributed by atoms with Crippen LogP contribution in [-0.2, 0) is 25.7 Å². The summed E-state index contributed by atoms with van der Waals surface area (Å²) in [6.07, 6.45) is 14.9. The number of aliphatic hydroxyl groups excluding tert-OH is 3. The SMILES string of the molecule is C=CCO[C@@]12Oc3ccc(Oc4ccc5ccccc5c4)cc3[C@H]3[C@H](CCCCO)[C@@H](CCCCO)C=C(C(=NOCc4ccccc4)C[C@@H]1N(CCOCCO)C(=O)CCC1CCCC1)[C@H]32. The maximum Gasteiger partial charge on any atom is 0.239 e. The summed E-state index contributed by atoms with van der Waals surface area (Å²) >= 11 is 0. The van der Waals surface area contributed by atoms with E-state index in [-0.39, 0.29) is 76.5 Å². The lowest BCUT2D eigenvalue weighted by Gasteiger charge is -2.60. The van der Waals surface area contributed by atoms with Gasteiger partial charge in [-0.3, -0.25) is 4.79 Å². The first-order valence-electron chi connectivity index (χ1n) is 24.8. The van der Waals surface area contributed by atoms with Crippen LogP contribution in [-0.4, -0.2) is 89.9 Å². The second kappa shape index (κ2) is 23.8. The Morgan fingerprint density at radius 3 is 2.36 bits per heavy atom. The van der Waals surface area contributed by atoms with Crippen LogP contribution >= 0.6 is 0 Å². The first kappa shape index (κ1) is 48.4. The van der Waals surface area contributed by atoms with Gasteiger partial charge in [0.2, 0.25) is 11.7 Å². The Hall–Kier alpha value is -5.04. The van der Waals surface area contributed by atoms with Crippen molar-refractivity contribution in [3.05, 3.63) is 126 Å². The van der Waals surface area contributed by atoms with Crippen LogP contribution in [0.25, 0.3) is 10.8 Å². The molecular formula is C56H70N2O9. The number of fused-ring (bicyclic) bond motifs is 3. The van der Waals surface area contributed by atoms with E-state index in [9.17, 15) is 15.3 Å². The van der Waals surface area contributed by atoms with Gasteiger partial charge in [-0.2, -0.15) is 0 Å².